The smallest absolute Gasteiger partial charge is 0.296 e. The van der Waals surface area contributed by atoms with Gasteiger partial charge in [0.2, 0.25) is 0 Å². The van der Waals surface area contributed by atoms with E-state index in [2.05, 4.69) is 12.1 Å². The molecule has 0 N–H and O–H groups in total. The van der Waals surface area contributed by atoms with Crippen LogP contribution in [0.4, 0.5) is 9.52 Å². The molecule has 1 amide bonds. The first-order valence-electron chi connectivity index (χ1n) is 12.4. The normalized spacial score (nSPS) is 25.7. The highest BCUT2D eigenvalue weighted by Gasteiger charge is 2.54. The van der Waals surface area contributed by atoms with Crippen molar-refractivity contribution in [1.82, 2.24) is 4.98 Å². The second-order valence-electron chi connectivity index (χ2n) is 9.79. The van der Waals surface area contributed by atoms with Gasteiger partial charge in [-0.25, -0.2) is 9.37 Å². The average Bonchev–Trinajstić information content (AvgIpc) is 3.39. The molecule has 186 valence electrons. The summed E-state index contributed by atoms with van der Waals surface area (Å²) >= 11 is 1.42. The van der Waals surface area contributed by atoms with Gasteiger partial charge in [-0.05, 0) is 74.9 Å². The number of aromatic nitrogens is 1. The molecule has 2 aliphatic heterocycles. The molecule has 0 spiro atoms. The molecule has 4 atom stereocenters. The number of nitrogens with zero attached hydrogens (tertiary/aromatic N) is 2. The van der Waals surface area contributed by atoms with Crippen LogP contribution < -0.4 is 9.64 Å². The van der Waals surface area contributed by atoms with E-state index in [-0.39, 0.29) is 23.9 Å². The van der Waals surface area contributed by atoms with Crippen molar-refractivity contribution in [2.45, 2.75) is 58.4 Å². The molecule has 0 bridgehead atoms. The van der Waals surface area contributed by atoms with E-state index in [0.29, 0.717) is 35.9 Å². The van der Waals surface area contributed by atoms with E-state index in [0.717, 1.165) is 26.9 Å². The van der Waals surface area contributed by atoms with Crippen LogP contribution in [0.25, 0.3) is 10.2 Å². The Morgan fingerprint density at radius 2 is 2.03 bits per heavy atom. The Balaban J connectivity index is 1.51. The van der Waals surface area contributed by atoms with Gasteiger partial charge < -0.3 is 9.47 Å². The third-order valence-electron chi connectivity index (χ3n) is 7.29. The SMILES string of the molecule is CCOc1cccc(C2C3=C(OC4CCC(F)CC4C3=O)C(=O)N2c2nc3c(C)cc(C)cc3s2)c1. The van der Waals surface area contributed by atoms with E-state index in [1.165, 1.54) is 11.3 Å². The second-order valence-corrected chi connectivity index (χ2v) is 10.8. The number of anilines is 1. The van der Waals surface area contributed by atoms with Gasteiger partial charge in [-0.15, -0.1) is 0 Å². The first kappa shape index (κ1) is 23.2. The van der Waals surface area contributed by atoms with Gasteiger partial charge in [0, 0.05) is 0 Å². The summed E-state index contributed by atoms with van der Waals surface area (Å²) in [7, 11) is 0. The summed E-state index contributed by atoms with van der Waals surface area (Å²) in [5.74, 6) is -0.426. The Bertz CT molecular complexity index is 1430. The van der Waals surface area contributed by atoms with Gasteiger partial charge in [0.15, 0.2) is 16.7 Å². The fourth-order valence-corrected chi connectivity index (χ4v) is 6.90. The molecule has 3 heterocycles. The fraction of sp³-hybridized carbons (Fsp3) is 0.393. The number of rotatable bonds is 4. The highest BCUT2D eigenvalue weighted by atomic mass is 32.1. The summed E-state index contributed by atoms with van der Waals surface area (Å²) in [6.07, 6.45) is -0.622. The molecule has 4 unspecified atom stereocenters. The number of alkyl halides is 1. The van der Waals surface area contributed by atoms with Crippen molar-refractivity contribution in [3.8, 4) is 5.75 Å². The summed E-state index contributed by atoms with van der Waals surface area (Å²) in [5, 5.41) is 0.507. The Kier molecular flexibility index (Phi) is 5.59. The molecular weight excluding hydrogens is 479 g/mol. The van der Waals surface area contributed by atoms with Crippen molar-refractivity contribution >= 4 is 38.4 Å². The van der Waals surface area contributed by atoms with Crippen LogP contribution in [0.3, 0.4) is 0 Å². The predicted molar refractivity (Wildman–Crippen MR) is 136 cm³/mol. The number of carbonyl (C=O) groups is 2. The lowest BCUT2D eigenvalue weighted by molar-refractivity contribution is -0.133. The molecule has 8 heteroatoms. The lowest BCUT2D eigenvalue weighted by atomic mass is 9.77. The minimum absolute atomic E-state index is 0.0810. The van der Waals surface area contributed by atoms with E-state index in [1.54, 1.807) is 4.90 Å². The van der Waals surface area contributed by atoms with Crippen LogP contribution in [-0.4, -0.2) is 35.6 Å². The summed E-state index contributed by atoms with van der Waals surface area (Å²) in [6, 6.07) is 10.8. The molecule has 0 saturated heterocycles. The van der Waals surface area contributed by atoms with E-state index in [4.69, 9.17) is 14.5 Å². The van der Waals surface area contributed by atoms with Crippen molar-refractivity contribution in [1.29, 1.82) is 0 Å². The number of carbonyl (C=O) groups excluding carboxylic acids is 2. The zero-order valence-electron chi connectivity index (χ0n) is 20.4. The number of benzene rings is 2. The third kappa shape index (κ3) is 3.61. The zero-order chi connectivity index (χ0) is 25.1. The molecule has 3 aromatic rings. The summed E-state index contributed by atoms with van der Waals surface area (Å²) in [6.45, 7) is 6.42. The average molecular weight is 507 g/mol. The van der Waals surface area contributed by atoms with Gasteiger partial charge in [0.25, 0.3) is 5.91 Å². The van der Waals surface area contributed by atoms with Gasteiger partial charge >= 0.3 is 0 Å². The molecule has 6 nitrogen and oxygen atoms in total. The number of ketones is 1. The number of amides is 1. The molecule has 36 heavy (non-hydrogen) atoms. The van der Waals surface area contributed by atoms with Crippen molar-refractivity contribution in [3.63, 3.8) is 0 Å². The van der Waals surface area contributed by atoms with Crippen molar-refractivity contribution in [3.05, 3.63) is 64.4 Å². The number of fused-ring (bicyclic) bond motifs is 2. The largest absolute Gasteiger partial charge is 0.494 e. The summed E-state index contributed by atoms with van der Waals surface area (Å²) in [5.41, 5.74) is 4.01. The lowest BCUT2D eigenvalue weighted by Gasteiger charge is -2.36. The molecule has 2 aromatic carbocycles. The van der Waals surface area contributed by atoms with Gasteiger partial charge in [-0.3, -0.25) is 14.5 Å². The molecule has 1 aliphatic carbocycles. The Morgan fingerprint density at radius 3 is 2.83 bits per heavy atom. The first-order chi connectivity index (χ1) is 17.4. The number of Topliss-reactive ketones (excluding diaryl/α,β-unsaturated/α-hetero) is 1. The Morgan fingerprint density at radius 1 is 1.19 bits per heavy atom. The van der Waals surface area contributed by atoms with Gasteiger partial charge in [-0.2, -0.15) is 0 Å². The standard InChI is InChI=1S/C28H27FN2O4S/c1-4-34-18-7-5-6-16(12-18)24-22-25(32)19-13-17(29)8-9-20(19)35-26(22)27(33)31(24)28-30-23-15(3)10-14(2)11-21(23)36-28/h5-7,10-12,17,19-20,24H,4,8-9,13H2,1-3H3. The molecular formula is C28H27FN2O4S. The van der Waals surface area contributed by atoms with Crippen LogP contribution in [0.5, 0.6) is 5.75 Å². The first-order valence-corrected chi connectivity index (χ1v) is 13.2. The minimum atomic E-state index is -1.04. The highest BCUT2D eigenvalue weighted by molar-refractivity contribution is 7.22. The minimum Gasteiger partial charge on any atom is -0.494 e. The maximum atomic E-state index is 14.3. The maximum absolute atomic E-state index is 14.3. The van der Waals surface area contributed by atoms with Gasteiger partial charge in [-0.1, -0.05) is 29.5 Å². The third-order valence-corrected chi connectivity index (χ3v) is 8.29. The quantitative estimate of drug-likeness (QED) is 0.450. The Labute approximate surface area is 212 Å². The number of thiazole rings is 1. The fourth-order valence-electron chi connectivity index (χ4n) is 5.73. The van der Waals surface area contributed by atoms with Gasteiger partial charge in [0.05, 0.1) is 34.4 Å². The topological polar surface area (TPSA) is 68.7 Å². The van der Waals surface area contributed by atoms with Crippen molar-refractivity contribution in [2.24, 2.45) is 5.92 Å². The molecule has 6 rings (SSSR count). The van der Waals surface area contributed by atoms with Crippen LogP contribution in [0.1, 0.15) is 48.9 Å². The number of hydrogen-bond acceptors (Lipinski definition) is 6. The molecule has 1 fully saturated rings. The lowest BCUT2D eigenvalue weighted by Crippen LogP contribution is -2.42. The van der Waals surface area contributed by atoms with Crippen LogP contribution in [0.2, 0.25) is 0 Å². The van der Waals surface area contributed by atoms with Gasteiger partial charge in [0.1, 0.15) is 18.0 Å². The van der Waals surface area contributed by atoms with Crippen LogP contribution in [-0.2, 0) is 14.3 Å². The summed E-state index contributed by atoms with van der Waals surface area (Å²) in [4.78, 5) is 34.2. The van der Waals surface area contributed by atoms with E-state index < -0.39 is 24.2 Å². The van der Waals surface area contributed by atoms with E-state index >= 15 is 0 Å². The molecule has 1 aromatic heterocycles. The number of halogens is 1. The van der Waals surface area contributed by atoms with E-state index in [1.807, 2.05) is 45.0 Å². The molecule has 0 radical (unpaired) electrons. The number of aryl methyl sites for hydroxylation is 2. The second kappa shape index (κ2) is 8.69. The summed E-state index contributed by atoms with van der Waals surface area (Å²) < 4.78 is 27.2. The monoisotopic (exact) mass is 506 g/mol. The predicted octanol–water partition coefficient (Wildman–Crippen LogP) is 5.76. The van der Waals surface area contributed by atoms with Crippen LogP contribution >= 0.6 is 11.3 Å². The van der Waals surface area contributed by atoms with Crippen molar-refractivity contribution < 1.29 is 23.5 Å². The molecule has 3 aliphatic rings. The van der Waals surface area contributed by atoms with Crippen LogP contribution in [0.15, 0.2) is 47.7 Å². The maximum Gasteiger partial charge on any atom is 0.296 e. The number of hydrogen-bond donors (Lipinski definition) is 0. The van der Waals surface area contributed by atoms with Crippen LogP contribution in [0, 0.1) is 19.8 Å². The number of ether oxygens (including phenoxy) is 2. The Hall–Kier alpha value is -3.26. The van der Waals surface area contributed by atoms with Crippen molar-refractivity contribution in [2.75, 3.05) is 11.5 Å². The zero-order valence-corrected chi connectivity index (χ0v) is 21.2. The molecule has 1 saturated carbocycles. The highest BCUT2D eigenvalue weighted by Crippen LogP contribution is 2.50. The van der Waals surface area contributed by atoms with E-state index in [9.17, 15) is 14.0 Å².